The normalized spacial score (nSPS) is 10.5. The van der Waals surface area contributed by atoms with Crippen LogP contribution in [0.15, 0.2) is 66.3 Å². The number of hydrogen-bond acceptors (Lipinski definition) is 4. The van der Waals surface area contributed by atoms with Gasteiger partial charge in [-0.05, 0) is 30.2 Å². The van der Waals surface area contributed by atoms with Crippen LogP contribution in [0, 0.1) is 0 Å². The number of ether oxygens (including phenoxy) is 2. The van der Waals surface area contributed by atoms with Gasteiger partial charge >= 0.3 is 0 Å². The zero-order valence-corrected chi connectivity index (χ0v) is 12.3. The lowest BCUT2D eigenvalue weighted by Crippen LogP contribution is -2.10. The molecule has 0 unspecified atom stereocenters. The molecule has 4 heteroatoms. The number of hydrogen-bond donors (Lipinski definition) is 1. The molecule has 0 saturated heterocycles. The van der Waals surface area contributed by atoms with Gasteiger partial charge in [-0.25, -0.2) is 0 Å². The van der Waals surface area contributed by atoms with Crippen molar-refractivity contribution in [3.05, 3.63) is 72.3 Å². The molecule has 0 aromatic heterocycles. The molecule has 0 atom stereocenters. The third-order valence-electron chi connectivity index (χ3n) is 3.05. The maximum Gasteiger partial charge on any atom is 0.128 e. The molecule has 1 N–H and O–H groups in total. The van der Waals surface area contributed by atoms with E-state index in [1.165, 1.54) is 6.21 Å². The van der Waals surface area contributed by atoms with Crippen LogP contribution in [0.3, 0.4) is 0 Å². The molecule has 0 radical (unpaired) electrons. The zero-order chi connectivity index (χ0) is 15.6. The highest BCUT2D eigenvalue weighted by Crippen LogP contribution is 2.19. The van der Waals surface area contributed by atoms with E-state index in [1.807, 2.05) is 54.6 Å². The SMILES string of the molecule is C=CCc1ccccc1OCCOc1ccccc1C=NO. The second-order valence-corrected chi connectivity index (χ2v) is 4.58. The summed E-state index contributed by atoms with van der Waals surface area (Å²) in [5.74, 6) is 1.50. The van der Waals surface area contributed by atoms with Crippen molar-refractivity contribution in [2.24, 2.45) is 5.16 Å². The Labute approximate surface area is 130 Å². The summed E-state index contributed by atoms with van der Waals surface area (Å²) in [6, 6.07) is 15.2. The van der Waals surface area contributed by atoms with E-state index >= 15 is 0 Å². The van der Waals surface area contributed by atoms with E-state index in [-0.39, 0.29) is 0 Å². The third kappa shape index (κ3) is 4.38. The molecule has 22 heavy (non-hydrogen) atoms. The highest BCUT2D eigenvalue weighted by molar-refractivity contribution is 5.82. The van der Waals surface area contributed by atoms with Gasteiger partial charge in [-0.15, -0.1) is 6.58 Å². The maximum atomic E-state index is 8.63. The van der Waals surface area contributed by atoms with Crippen LogP contribution in [-0.2, 0) is 6.42 Å². The first-order chi connectivity index (χ1) is 10.8. The summed E-state index contributed by atoms with van der Waals surface area (Å²) in [6.45, 7) is 4.58. The Kier molecular flexibility index (Phi) is 6.05. The van der Waals surface area contributed by atoms with Gasteiger partial charge in [0.2, 0.25) is 0 Å². The Morgan fingerprint density at radius 2 is 1.59 bits per heavy atom. The molecule has 0 spiro atoms. The summed E-state index contributed by atoms with van der Waals surface area (Å²) in [6.07, 6.45) is 3.96. The Morgan fingerprint density at radius 1 is 0.955 bits per heavy atom. The highest BCUT2D eigenvalue weighted by atomic mass is 16.5. The Balaban J connectivity index is 1.89. The number of oxime groups is 1. The lowest BCUT2D eigenvalue weighted by molar-refractivity contribution is 0.216. The van der Waals surface area contributed by atoms with E-state index < -0.39 is 0 Å². The fraction of sp³-hybridized carbons (Fsp3) is 0.167. The molecule has 0 aliphatic heterocycles. The number of allylic oxidation sites excluding steroid dienone is 1. The van der Waals surface area contributed by atoms with E-state index in [2.05, 4.69) is 11.7 Å². The topological polar surface area (TPSA) is 51.0 Å². The summed E-state index contributed by atoms with van der Waals surface area (Å²) in [5.41, 5.74) is 1.82. The van der Waals surface area contributed by atoms with E-state index in [0.717, 1.165) is 23.3 Å². The molecule has 2 aromatic rings. The summed E-state index contributed by atoms with van der Waals surface area (Å²) < 4.78 is 11.4. The van der Waals surface area contributed by atoms with E-state index in [0.29, 0.717) is 19.0 Å². The van der Waals surface area contributed by atoms with Gasteiger partial charge < -0.3 is 14.7 Å². The van der Waals surface area contributed by atoms with Gasteiger partial charge in [0.1, 0.15) is 24.7 Å². The molecule has 2 aromatic carbocycles. The minimum atomic E-state index is 0.401. The van der Waals surface area contributed by atoms with Crippen LogP contribution in [0.1, 0.15) is 11.1 Å². The van der Waals surface area contributed by atoms with Crippen molar-refractivity contribution in [3.63, 3.8) is 0 Å². The average Bonchev–Trinajstić information content (AvgIpc) is 2.55. The zero-order valence-electron chi connectivity index (χ0n) is 12.3. The van der Waals surface area contributed by atoms with Gasteiger partial charge in [0.05, 0.1) is 6.21 Å². The molecular formula is C18H19NO3. The van der Waals surface area contributed by atoms with Crippen LogP contribution in [-0.4, -0.2) is 24.6 Å². The molecule has 0 saturated carbocycles. The van der Waals surface area contributed by atoms with Crippen LogP contribution in [0.2, 0.25) is 0 Å². The fourth-order valence-corrected chi connectivity index (χ4v) is 2.05. The molecule has 0 bridgehead atoms. The predicted octanol–water partition coefficient (Wildman–Crippen LogP) is 3.68. The van der Waals surface area contributed by atoms with Crippen LogP contribution in [0.4, 0.5) is 0 Å². The summed E-state index contributed by atoms with van der Waals surface area (Å²) in [7, 11) is 0. The fourth-order valence-electron chi connectivity index (χ4n) is 2.05. The number of para-hydroxylation sites is 2. The second kappa shape index (κ2) is 8.52. The second-order valence-electron chi connectivity index (χ2n) is 4.58. The van der Waals surface area contributed by atoms with Crippen LogP contribution in [0.5, 0.6) is 11.5 Å². The minimum Gasteiger partial charge on any atom is -0.490 e. The standard InChI is InChI=1S/C18H19NO3/c1-2-7-15-8-3-5-10-17(15)21-12-13-22-18-11-6-4-9-16(18)14-19-20/h2-6,8-11,14,20H,1,7,12-13H2. The summed E-state index contributed by atoms with van der Waals surface area (Å²) >= 11 is 0. The number of rotatable bonds is 8. The van der Waals surface area contributed by atoms with E-state index in [4.69, 9.17) is 14.7 Å². The average molecular weight is 297 g/mol. The van der Waals surface area contributed by atoms with Crippen LogP contribution in [0.25, 0.3) is 0 Å². The van der Waals surface area contributed by atoms with Crippen molar-refractivity contribution >= 4 is 6.21 Å². The van der Waals surface area contributed by atoms with Crippen LogP contribution >= 0.6 is 0 Å². The van der Waals surface area contributed by atoms with Gasteiger partial charge in [0.25, 0.3) is 0 Å². The van der Waals surface area contributed by atoms with Gasteiger partial charge in [-0.2, -0.15) is 0 Å². The van der Waals surface area contributed by atoms with Gasteiger partial charge in [0.15, 0.2) is 0 Å². The first-order valence-electron chi connectivity index (χ1n) is 7.06. The van der Waals surface area contributed by atoms with E-state index in [9.17, 15) is 0 Å². The molecule has 0 fully saturated rings. The van der Waals surface area contributed by atoms with Crippen molar-refractivity contribution in [2.45, 2.75) is 6.42 Å². The molecular weight excluding hydrogens is 278 g/mol. The largest absolute Gasteiger partial charge is 0.490 e. The molecule has 0 aliphatic carbocycles. The monoisotopic (exact) mass is 297 g/mol. The van der Waals surface area contributed by atoms with Gasteiger partial charge in [-0.3, -0.25) is 0 Å². The third-order valence-corrected chi connectivity index (χ3v) is 3.05. The highest BCUT2D eigenvalue weighted by Gasteiger charge is 2.03. The number of nitrogens with zero attached hydrogens (tertiary/aromatic N) is 1. The Morgan fingerprint density at radius 3 is 2.32 bits per heavy atom. The molecule has 4 nitrogen and oxygen atoms in total. The molecule has 2 rings (SSSR count). The van der Waals surface area contributed by atoms with E-state index in [1.54, 1.807) is 0 Å². The Hall–Kier alpha value is -2.75. The quantitative estimate of drug-likeness (QED) is 0.266. The first kappa shape index (κ1) is 15.6. The molecule has 0 aliphatic rings. The first-order valence-corrected chi connectivity index (χ1v) is 7.06. The van der Waals surface area contributed by atoms with Gasteiger partial charge in [-0.1, -0.05) is 41.6 Å². The van der Waals surface area contributed by atoms with Crippen molar-refractivity contribution in [1.29, 1.82) is 0 Å². The maximum absolute atomic E-state index is 8.63. The molecule has 114 valence electrons. The van der Waals surface area contributed by atoms with Crippen LogP contribution < -0.4 is 9.47 Å². The molecule has 0 amide bonds. The number of benzene rings is 2. The summed E-state index contributed by atoms with van der Waals surface area (Å²) in [5, 5.41) is 11.7. The Bertz CT molecular complexity index is 638. The van der Waals surface area contributed by atoms with Crippen molar-refractivity contribution in [1.82, 2.24) is 0 Å². The lowest BCUT2D eigenvalue weighted by Gasteiger charge is -2.12. The smallest absolute Gasteiger partial charge is 0.128 e. The molecule has 0 heterocycles. The van der Waals surface area contributed by atoms with Crippen molar-refractivity contribution in [3.8, 4) is 11.5 Å². The lowest BCUT2D eigenvalue weighted by atomic mass is 10.1. The van der Waals surface area contributed by atoms with Gasteiger partial charge in [0, 0.05) is 5.56 Å². The van der Waals surface area contributed by atoms with Crippen molar-refractivity contribution in [2.75, 3.05) is 13.2 Å². The summed E-state index contributed by atoms with van der Waals surface area (Å²) in [4.78, 5) is 0. The minimum absolute atomic E-state index is 0.401. The predicted molar refractivity (Wildman–Crippen MR) is 87.2 cm³/mol. The van der Waals surface area contributed by atoms with Crippen molar-refractivity contribution < 1.29 is 14.7 Å².